The van der Waals surface area contributed by atoms with E-state index >= 15 is 0 Å². The summed E-state index contributed by atoms with van der Waals surface area (Å²) in [5.41, 5.74) is 1.58. The molecule has 0 aliphatic heterocycles. The van der Waals surface area contributed by atoms with E-state index in [2.05, 4.69) is 0 Å². The number of carbonyl (C=O) groups is 1. The molecule has 0 atom stereocenters. The first-order chi connectivity index (χ1) is 13.6. The van der Waals surface area contributed by atoms with Crippen LogP contribution < -0.4 is 14.2 Å². The molecule has 0 radical (unpaired) electrons. The van der Waals surface area contributed by atoms with E-state index in [4.69, 9.17) is 19.3 Å². The highest BCUT2D eigenvalue weighted by molar-refractivity contribution is 5.85. The molecule has 0 aliphatic carbocycles. The summed E-state index contributed by atoms with van der Waals surface area (Å²) in [4.78, 5) is 10.7. The van der Waals surface area contributed by atoms with Gasteiger partial charge in [-0.15, -0.1) is 0 Å². The Hall–Kier alpha value is -3.73. The van der Waals surface area contributed by atoms with Crippen LogP contribution in [0.2, 0.25) is 0 Å². The van der Waals surface area contributed by atoms with Crippen molar-refractivity contribution in [1.82, 2.24) is 0 Å². The molecule has 0 fully saturated rings. The quantitative estimate of drug-likeness (QED) is 0.550. The van der Waals surface area contributed by atoms with Gasteiger partial charge in [0, 0.05) is 11.6 Å². The van der Waals surface area contributed by atoms with Crippen molar-refractivity contribution in [2.45, 2.75) is 6.61 Å². The predicted octanol–water partition coefficient (Wildman–Crippen LogP) is 5.16. The fourth-order valence-electron chi connectivity index (χ4n) is 2.57. The van der Waals surface area contributed by atoms with Crippen molar-refractivity contribution in [2.24, 2.45) is 0 Å². The van der Waals surface area contributed by atoms with Crippen molar-refractivity contribution in [3.8, 4) is 23.0 Å². The molecule has 0 aliphatic rings. The first-order valence-corrected chi connectivity index (χ1v) is 8.68. The highest BCUT2D eigenvalue weighted by Crippen LogP contribution is 2.26. The highest BCUT2D eigenvalue weighted by Gasteiger charge is 2.06. The molecule has 142 valence electrons. The molecule has 3 aromatic carbocycles. The van der Waals surface area contributed by atoms with Gasteiger partial charge in [0.1, 0.15) is 29.6 Å². The number of carboxylic acid groups (broad SMARTS) is 1. The van der Waals surface area contributed by atoms with Gasteiger partial charge < -0.3 is 19.3 Å². The normalized spacial score (nSPS) is 10.6. The summed E-state index contributed by atoms with van der Waals surface area (Å²) in [6, 6.07) is 22.3. The Labute approximate surface area is 163 Å². The van der Waals surface area contributed by atoms with Crippen molar-refractivity contribution in [1.29, 1.82) is 0 Å². The fraction of sp³-hybridized carbons (Fsp3) is 0.0870. The Morgan fingerprint density at radius 1 is 0.929 bits per heavy atom. The molecule has 1 N–H and O–H groups in total. The smallest absolute Gasteiger partial charge is 0.328 e. The van der Waals surface area contributed by atoms with Crippen LogP contribution >= 0.6 is 0 Å². The number of hydrogen-bond donors (Lipinski definition) is 1. The number of carboxylic acids is 1. The second-order valence-corrected chi connectivity index (χ2v) is 5.92. The average Bonchev–Trinajstić information content (AvgIpc) is 2.72. The van der Waals surface area contributed by atoms with Crippen LogP contribution in [0.4, 0.5) is 0 Å². The maximum Gasteiger partial charge on any atom is 0.328 e. The minimum Gasteiger partial charge on any atom is -0.496 e. The number of benzene rings is 3. The number of ether oxygens (including phenoxy) is 3. The van der Waals surface area contributed by atoms with E-state index in [-0.39, 0.29) is 6.61 Å². The molecule has 0 bridgehead atoms. The first kappa shape index (κ1) is 19.0. The molecule has 5 nitrogen and oxygen atoms in total. The Balaban J connectivity index is 1.66. The third-order valence-electron chi connectivity index (χ3n) is 3.92. The summed E-state index contributed by atoms with van der Waals surface area (Å²) < 4.78 is 17.0. The van der Waals surface area contributed by atoms with Crippen LogP contribution in [0.1, 0.15) is 11.1 Å². The van der Waals surface area contributed by atoms with E-state index in [1.165, 1.54) is 6.08 Å². The van der Waals surface area contributed by atoms with Gasteiger partial charge in [-0.3, -0.25) is 0 Å². The van der Waals surface area contributed by atoms with Crippen LogP contribution in [0.15, 0.2) is 78.9 Å². The minimum atomic E-state index is -0.994. The maximum atomic E-state index is 10.7. The summed E-state index contributed by atoms with van der Waals surface area (Å²) in [5, 5.41) is 8.77. The monoisotopic (exact) mass is 376 g/mol. The van der Waals surface area contributed by atoms with Crippen LogP contribution in [0, 0.1) is 0 Å². The van der Waals surface area contributed by atoms with Crippen molar-refractivity contribution < 1.29 is 24.1 Å². The van der Waals surface area contributed by atoms with Crippen LogP contribution in [0.25, 0.3) is 6.08 Å². The van der Waals surface area contributed by atoms with Crippen molar-refractivity contribution in [2.75, 3.05) is 7.11 Å². The van der Waals surface area contributed by atoms with Gasteiger partial charge in [0.15, 0.2) is 0 Å². The average molecular weight is 376 g/mol. The van der Waals surface area contributed by atoms with Gasteiger partial charge >= 0.3 is 5.97 Å². The van der Waals surface area contributed by atoms with Crippen molar-refractivity contribution >= 4 is 12.0 Å². The molecule has 0 saturated heterocycles. The van der Waals surface area contributed by atoms with Crippen LogP contribution in [0.5, 0.6) is 23.0 Å². The highest BCUT2D eigenvalue weighted by atomic mass is 16.5. The molecule has 5 heteroatoms. The van der Waals surface area contributed by atoms with E-state index in [0.29, 0.717) is 11.5 Å². The van der Waals surface area contributed by atoms with Crippen molar-refractivity contribution in [3.63, 3.8) is 0 Å². The molecule has 0 spiro atoms. The topological polar surface area (TPSA) is 65.0 Å². The lowest BCUT2D eigenvalue weighted by atomic mass is 10.1. The molecular weight excluding hydrogens is 356 g/mol. The van der Waals surface area contributed by atoms with Crippen LogP contribution in [0.3, 0.4) is 0 Å². The second kappa shape index (κ2) is 9.28. The largest absolute Gasteiger partial charge is 0.496 e. The van der Waals surface area contributed by atoms with E-state index in [1.807, 2.05) is 60.7 Å². The second-order valence-electron chi connectivity index (χ2n) is 5.92. The molecular formula is C23H20O5. The Morgan fingerprint density at radius 3 is 2.29 bits per heavy atom. The molecule has 0 heterocycles. The molecule has 0 saturated carbocycles. The maximum absolute atomic E-state index is 10.7. The fourth-order valence-corrected chi connectivity index (χ4v) is 2.57. The lowest BCUT2D eigenvalue weighted by Gasteiger charge is -2.12. The number of para-hydroxylation sites is 1. The molecule has 0 unspecified atom stereocenters. The van der Waals surface area contributed by atoms with Gasteiger partial charge in [-0.2, -0.15) is 0 Å². The summed E-state index contributed by atoms with van der Waals surface area (Å²) >= 11 is 0. The third kappa shape index (κ3) is 5.38. The van der Waals surface area contributed by atoms with Gasteiger partial charge in [-0.05, 0) is 60.2 Å². The molecule has 0 aromatic heterocycles. The number of hydrogen-bond acceptors (Lipinski definition) is 4. The molecule has 3 rings (SSSR count). The van der Waals surface area contributed by atoms with E-state index in [9.17, 15) is 4.79 Å². The number of aliphatic carboxylic acids is 1. The summed E-state index contributed by atoms with van der Waals surface area (Å²) in [7, 11) is 1.58. The van der Waals surface area contributed by atoms with E-state index in [0.717, 1.165) is 28.7 Å². The SMILES string of the molecule is COc1ccc(/C=C/C(=O)O)cc1COc1ccc(Oc2ccccc2)cc1. The standard InChI is InChI=1S/C23H20O5/c1-26-22-13-7-17(8-14-23(24)25)15-18(22)16-27-19-9-11-21(12-10-19)28-20-5-3-2-4-6-20/h2-15H,16H2,1H3,(H,24,25)/b14-8+. The van der Waals surface area contributed by atoms with Crippen molar-refractivity contribution in [3.05, 3.63) is 90.0 Å². The minimum absolute atomic E-state index is 0.289. The van der Waals surface area contributed by atoms with Gasteiger partial charge in [0.05, 0.1) is 7.11 Å². The van der Waals surface area contributed by atoms with Crippen LogP contribution in [-0.2, 0) is 11.4 Å². The third-order valence-corrected chi connectivity index (χ3v) is 3.92. The van der Waals surface area contributed by atoms with Gasteiger partial charge in [0.25, 0.3) is 0 Å². The number of rotatable bonds is 8. The first-order valence-electron chi connectivity index (χ1n) is 8.68. The zero-order chi connectivity index (χ0) is 19.8. The lowest BCUT2D eigenvalue weighted by molar-refractivity contribution is -0.131. The summed E-state index contributed by atoms with van der Waals surface area (Å²) in [5.74, 6) is 1.86. The zero-order valence-corrected chi connectivity index (χ0v) is 15.4. The van der Waals surface area contributed by atoms with Gasteiger partial charge in [-0.1, -0.05) is 24.3 Å². The molecule has 3 aromatic rings. The van der Waals surface area contributed by atoms with Gasteiger partial charge in [0.2, 0.25) is 0 Å². The zero-order valence-electron chi connectivity index (χ0n) is 15.4. The predicted molar refractivity (Wildman–Crippen MR) is 107 cm³/mol. The van der Waals surface area contributed by atoms with E-state index in [1.54, 1.807) is 19.2 Å². The Morgan fingerprint density at radius 2 is 1.61 bits per heavy atom. The number of methoxy groups -OCH3 is 1. The molecule has 0 amide bonds. The molecule has 28 heavy (non-hydrogen) atoms. The Bertz CT molecular complexity index is 946. The van der Waals surface area contributed by atoms with Crippen LogP contribution in [-0.4, -0.2) is 18.2 Å². The Kier molecular flexibility index (Phi) is 6.31. The summed E-state index contributed by atoms with van der Waals surface area (Å²) in [6.07, 6.45) is 2.62. The lowest BCUT2D eigenvalue weighted by Crippen LogP contribution is -1.99. The van der Waals surface area contributed by atoms with Gasteiger partial charge in [-0.25, -0.2) is 4.79 Å². The summed E-state index contributed by atoms with van der Waals surface area (Å²) in [6.45, 7) is 0.289. The van der Waals surface area contributed by atoms with E-state index < -0.39 is 5.97 Å².